The zero-order valence-electron chi connectivity index (χ0n) is 13.1. The third kappa shape index (κ3) is 3.29. The van der Waals surface area contributed by atoms with Gasteiger partial charge in [0.1, 0.15) is 0 Å². The Balaban J connectivity index is 1.74. The summed E-state index contributed by atoms with van der Waals surface area (Å²) in [7, 11) is 0. The zero-order valence-corrected chi connectivity index (χ0v) is 13.1. The molecule has 3 rings (SSSR count). The van der Waals surface area contributed by atoms with Crippen LogP contribution in [-0.2, 0) is 0 Å². The highest BCUT2D eigenvalue weighted by molar-refractivity contribution is 5.92. The van der Waals surface area contributed by atoms with Gasteiger partial charge in [0, 0.05) is 0 Å². The van der Waals surface area contributed by atoms with Crippen LogP contribution >= 0.6 is 0 Å². The molecule has 0 aliphatic heterocycles. The van der Waals surface area contributed by atoms with Crippen molar-refractivity contribution in [2.24, 2.45) is 0 Å². The van der Waals surface area contributed by atoms with E-state index in [1.54, 1.807) is 0 Å². The van der Waals surface area contributed by atoms with Gasteiger partial charge in [-0.05, 0) is 37.1 Å². The van der Waals surface area contributed by atoms with E-state index in [0.717, 1.165) is 16.8 Å². The van der Waals surface area contributed by atoms with Crippen molar-refractivity contribution in [3.05, 3.63) is 77.6 Å². The first-order chi connectivity index (χ1) is 11.1. The van der Waals surface area contributed by atoms with Crippen LogP contribution in [0.4, 0.5) is 0 Å². The molecule has 0 radical (unpaired) electrons. The molecule has 2 aromatic carbocycles. The number of rotatable bonds is 4. The fourth-order valence-corrected chi connectivity index (χ4v) is 2.47. The lowest BCUT2D eigenvalue weighted by Crippen LogP contribution is -2.27. The normalized spacial score (nSPS) is 11.9. The van der Waals surface area contributed by atoms with E-state index in [-0.39, 0.29) is 11.9 Å². The van der Waals surface area contributed by atoms with Gasteiger partial charge in [0.25, 0.3) is 5.91 Å². The third-order valence-electron chi connectivity index (χ3n) is 3.71. The molecule has 0 aliphatic rings. The first kappa shape index (κ1) is 15.0. The molecule has 1 amide bonds. The highest BCUT2D eigenvalue weighted by Gasteiger charge is 2.16. The van der Waals surface area contributed by atoms with Crippen molar-refractivity contribution in [2.45, 2.75) is 19.9 Å². The van der Waals surface area contributed by atoms with Gasteiger partial charge in [-0.25, -0.2) is 0 Å². The topological polar surface area (TPSA) is 59.8 Å². The van der Waals surface area contributed by atoms with Crippen molar-refractivity contribution in [3.8, 4) is 5.69 Å². The fraction of sp³-hybridized carbons (Fsp3) is 0.167. The molecule has 0 saturated carbocycles. The number of aryl methyl sites for hydroxylation is 1. The van der Waals surface area contributed by atoms with Crippen molar-refractivity contribution in [3.63, 3.8) is 0 Å². The molecule has 1 unspecified atom stereocenters. The quantitative estimate of drug-likeness (QED) is 0.806. The third-order valence-corrected chi connectivity index (χ3v) is 3.71. The number of hydrogen-bond acceptors (Lipinski definition) is 3. The van der Waals surface area contributed by atoms with Crippen LogP contribution in [0.3, 0.4) is 0 Å². The summed E-state index contributed by atoms with van der Waals surface area (Å²) in [5, 5.41) is 11.4. The Morgan fingerprint density at radius 2 is 1.78 bits per heavy atom. The Morgan fingerprint density at radius 3 is 2.52 bits per heavy atom. The molecule has 0 bridgehead atoms. The molecule has 1 heterocycles. The summed E-state index contributed by atoms with van der Waals surface area (Å²) in [5.41, 5.74) is 3.36. The SMILES string of the molecule is Cc1ccccc1C(C)NC(=O)c1cnn(-c2ccccc2)n1. The van der Waals surface area contributed by atoms with Crippen LogP contribution in [0.1, 0.15) is 34.6 Å². The largest absolute Gasteiger partial charge is 0.344 e. The second-order valence-corrected chi connectivity index (χ2v) is 5.41. The molecular weight excluding hydrogens is 288 g/mol. The molecular formula is C18H18N4O. The standard InChI is InChI=1S/C18H18N4O/c1-13-8-6-7-11-16(13)14(2)20-18(23)17-12-19-22(21-17)15-9-4-3-5-10-15/h3-12,14H,1-2H3,(H,20,23). The number of benzene rings is 2. The average molecular weight is 306 g/mol. The Morgan fingerprint density at radius 1 is 1.09 bits per heavy atom. The molecule has 1 atom stereocenters. The van der Waals surface area contributed by atoms with Crippen LogP contribution in [0.15, 0.2) is 60.8 Å². The molecule has 1 N–H and O–H groups in total. The molecule has 1 aromatic heterocycles. The van der Waals surface area contributed by atoms with Crippen molar-refractivity contribution < 1.29 is 4.79 Å². The second-order valence-electron chi connectivity index (χ2n) is 5.41. The summed E-state index contributed by atoms with van der Waals surface area (Å²) >= 11 is 0. The zero-order chi connectivity index (χ0) is 16.2. The van der Waals surface area contributed by atoms with Crippen LogP contribution in [-0.4, -0.2) is 20.9 Å². The number of carbonyl (C=O) groups is 1. The second kappa shape index (κ2) is 6.44. The molecule has 0 aliphatic carbocycles. The number of nitrogens with zero attached hydrogens (tertiary/aromatic N) is 3. The fourth-order valence-electron chi connectivity index (χ4n) is 2.47. The van der Waals surface area contributed by atoms with Gasteiger partial charge >= 0.3 is 0 Å². The Labute approximate surface area is 135 Å². The molecule has 23 heavy (non-hydrogen) atoms. The van der Waals surface area contributed by atoms with Gasteiger partial charge in [-0.15, -0.1) is 5.10 Å². The lowest BCUT2D eigenvalue weighted by molar-refractivity contribution is 0.0934. The predicted octanol–water partition coefficient (Wildman–Crippen LogP) is 3.07. The van der Waals surface area contributed by atoms with E-state index in [9.17, 15) is 4.79 Å². The maximum atomic E-state index is 12.4. The van der Waals surface area contributed by atoms with Crippen molar-refractivity contribution in [1.82, 2.24) is 20.3 Å². The van der Waals surface area contributed by atoms with Crippen LogP contribution in [0.5, 0.6) is 0 Å². The van der Waals surface area contributed by atoms with E-state index >= 15 is 0 Å². The minimum absolute atomic E-state index is 0.0921. The molecule has 116 valence electrons. The Bertz CT molecular complexity index is 811. The first-order valence-electron chi connectivity index (χ1n) is 7.49. The van der Waals surface area contributed by atoms with E-state index in [1.165, 1.54) is 11.0 Å². The van der Waals surface area contributed by atoms with Gasteiger partial charge in [0.15, 0.2) is 5.69 Å². The Kier molecular flexibility index (Phi) is 4.19. The highest BCUT2D eigenvalue weighted by Crippen LogP contribution is 2.17. The number of hydrogen-bond donors (Lipinski definition) is 1. The number of aromatic nitrogens is 3. The first-order valence-corrected chi connectivity index (χ1v) is 7.49. The van der Waals surface area contributed by atoms with E-state index < -0.39 is 0 Å². The number of carbonyl (C=O) groups excluding carboxylic acids is 1. The summed E-state index contributed by atoms with van der Waals surface area (Å²) in [6, 6.07) is 17.4. The lowest BCUT2D eigenvalue weighted by Gasteiger charge is -2.15. The summed E-state index contributed by atoms with van der Waals surface area (Å²) < 4.78 is 0. The van der Waals surface area contributed by atoms with Gasteiger partial charge in [0.2, 0.25) is 0 Å². The van der Waals surface area contributed by atoms with E-state index in [0.29, 0.717) is 5.69 Å². The van der Waals surface area contributed by atoms with Gasteiger partial charge in [-0.3, -0.25) is 4.79 Å². The maximum Gasteiger partial charge on any atom is 0.273 e. The molecule has 0 spiro atoms. The number of nitrogens with one attached hydrogen (secondary N) is 1. The summed E-state index contributed by atoms with van der Waals surface area (Å²) in [5.74, 6) is -0.233. The predicted molar refractivity (Wildman–Crippen MR) is 88.4 cm³/mol. The van der Waals surface area contributed by atoms with Crippen molar-refractivity contribution in [1.29, 1.82) is 0 Å². The van der Waals surface area contributed by atoms with Gasteiger partial charge in [-0.2, -0.15) is 9.90 Å². The summed E-state index contributed by atoms with van der Waals surface area (Å²) in [6.45, 7) is 3.99. The molecule has 3 aromatic rings. The molecule has 0 fully saturated rings. The van der Waals surface area contributed by atoms with Crippen LogP contribution < -0.4 is 5.32 Å². The summed E-state index contributed by atoms with van der Waals surface area (Å²) in [4.78, 5) is 13.8. The van der Waals surface area contributed by atoms with Gasteiger partial charge in [0.05, 0.1) is 17.9 Å². The monoisotopic (exact) mass is 306 g/mol. The highest BCUT2D eigenvalue weighted by atomic mass is 16.2. The van der Waals surface area contributed by atoms with Crippen LogP contribution in [0.25, 0.3) is 5.69 Å². The van der Waals surface area contributed by atoms with E-state index in [4.69, 9.17) is 0 Å². The minimum Gasteiger partial charge on any atom is -0.344 e. The van der Waals surface area contributed by atoms with Crippen molar-refractivity contribution >= 4 is 5.91 Å². The number of para-hydroxylation sites is 1. The van der Waals surface area contributed by atoms with E-state index in [1.807, 2.05) is 68.4 Å². The summed E-state index contributed by atoms with van der Waals surface area (Å²) in [6.07, 6.45) is 1.48. The molecule has 0 saturated heterocycles. The Hall–Kier alpha value is -2.95. The van der Waals surface area contributed by atoms with Gasteiger partial charge < -0.3 is 5.32 Å². The van der Waals surface area contributed by atoms with Gasteiger partial charge in [-0.1, -0.05) is 42.5 Å². The maximum absolute atomic E-state index is 12.4. The number of amides is 1. The molecule has 5 heteroatoms. The smallest absolute Gasteiger partial charge is 0.273 e. The lowest BCUT2D eigenvalue weighted by atomic mass is 10.0. The van der Waals surface area contributed by atoms with Crippen molar-refractivity contribution in [2.75, 3.05) is 0 Å². The minimum atomic E-state index is -0.233. The van der Waals surface area contributed by atoms with Crippen LogP contribution in [0, 0.1) is 6.92 Å². The molecule has 5 nitrogen and oxygen atoms in total. The van der Waals surface area contributed by atoms with E-state index in [2.05, 4.69) is 15.5 Å². The average Bonchev–Trinajstić information content (AvgIpc) is 3.06. The van der Waals surface area contributed by atoms with Crippen LogP contribution in [0.2, 0.25) is 0 Å².